The molecule has 1 heterocycles. The van der Waals surface area contributed by atoms with Crippen LogP contribution in [0, 0.1) is 0 Å². The number of aromatic nitrogens is 1. The van der Waals surface area contributed by atoms with Crippen LogP contribution < -0.4 is 5.73 Å². The minimum Gasteiger partial charge on any atom is -0.326 e. The fourth-order valence-corrected chi connectivity index (χ4v) is 2.41. The minimum absolute atomic E-state index is 0.475. The first-order valence-corrected chi connectivity index (χ1v) is 6.12. The summed E-state index contributed by atoms with van der Waals surface area (Å²) < 4.78 is 0. The second-order valence-corrected chi connectivity index (χ2v) is 4.46. The highest BCUT2D eigenvalue weighted by Gasteiger charge is 2.06. The Labute approximate surface area is 94.2 Å². The van der Waals surface area contributed by atoms with Gasteiger partial charge in [-0.1, -0.05) is 24.9 Å². The van der Waals surface area contributed by atoms with Gasteiger partial charge in [0.05, 0.1) is 5.02 Å². The average molecular weight is 231 g/mol. The molecule has 14 heavy (non-hydrogen) atoms. The molecule has 2 nitrogen and oxygen atoms in total. The van der Waals surface area contributed by atoms with E-state index in [1.165, 1.54) is 12.8 Å². The second-order valence-electron chi connectivity index (χ2n) is 3.00. The molecule has 0 amide bonds. The van der Waals surface area contributed by atoms with Crippen LogP contribution in [0.1, 0.15) is 25.3 Å². The summed E-state index contributed by atoms with van der Waals surface area (Å²) in [6.07, 6.45) is 4.15. The van der Waals surface area contributed by atoms with Gasteiger partial charge in [0.15, 0.2) is 0 Å². The third-order valence-corrected chi connectivity index (χ3v) is 3.50. The highest BCUT2D eigenvalue weighted by Crippen LogP contribution is 2.28. The Balaban J connectivity index is 2.66. The van der Waals surface area contributed by atoms with Gasteiger partial charge < -0.3 is 5.73 Å². The molecule has 0 aliphatic rings. The molecule has 2 N–H and O–H groups in total. The fourth-order valence-electron chi connectivity index (χ4n) is 1.03. The summed E-state index contributed by atoms with van der Waals surface area (Å²) in [5.74, 6) is 1.07. The number of nitrogens with two attached hydrogens (primary N) is 1. The minimum atomic E-state index is 0.475. The van der Waals surface area contributed by atoms with Gasteiger partial charge in [0.25, 0.3) is 0 Å². The molecule has 1 rings (SSSR count). The second kappa shape index (κ2) is 6.27. The molecule has 0 fully saturated rings. The van der Waals surface area contributed by atoms with Crippen LogP contribution in [0.2, 0.25) is 5.02 Å². The molecule has 1 aromatic heterocycles. The third kappa shape index (κ3) is 3.15. The van der Waals surface area contributed by atoms with Crippen molar-refractivity contribution in [3.05, 3.63) is 22.8 Å². The molecule has 0 unspecified atom stereocenters. The smallest absolute Gasteiger partial charge is 0.115 e. The van der Waals surface area contributed by atoms with Crippen LogP contribution in [0.3, 0.4) is 0 Å². The van der Waals surface area contributed by atoms with E-state index in [1.54, 1.807) is 18.0 Å². The number of hydrogen-bond acceptors (Lipinski definition) is 3. The van der Waals surface area contributed by atoms with Crippen molar-refractivity contribution in [1.29, 1.82) is 0 Å². The summed E-state index contributed by atoms with van der Waals surface area (Å²) in [6, 6.07) is 1.87. The molecule has 0 saturated heterocycles. The number of thioether (sulfide) groups is 1. The van der Waals surface area contributed by atoms with Crippen molar-refractivity contribution in [2.24, 2.45) is 5.73 Å². The lowest BCUT2D eigenvalue weighted by Gasteiger charge is -2.05. The molecular weight excluding hydrogens is 216 g/mol. The molecule has 0 atom stereocenters. The topological polar surface area (TPSA) is 38.9 Å². The summed E-state index contributed by atoms with van der Waals surface area (Å²) in [5.41, 5.74) is 6.53. The van der Waals surface area contributed by atoms with Crippen molar-refractivity contribution in [3.8, 4) is 0 Å². The zero-order chi connectivity index (χ0) is 10.4. The molecule has 0 aliphatic carbocycles. The van der Waals surface area contributed by atoms with Gasteiger partial charge in [-0.05, 0) is 23.8 Å². The Morgan fingerprint density at radius 1 is 1.57 bits per heavy atom. The molecule has 78 valence electrons. The van der Waals surface area contributed by atoms with Gasteiger partial charge in [0.1, 0.15) is 5.03 Å². The van der Waals surface area contributed by atoms with E-state index < -0.39 is 0 Å². The van der Waals surface area contributed by atoms with Crippen LogP contribution in [0.15, 0.2) is 17.3 Å². The first-order chi connectivity index (χ1) is 6.79. The molecule has 0 aromatic carbocycles. The predicted octanol–water partition coefficient (Wildman–Crippen LogP) is 3.09. The summed E-state index contributed by atoms with van der Waals surface area (Å²) in [7, 11) is 0. The maximum absolute atomic E-state index is 6.12. The van der Waals surface area contributed by atoms with Gasteiger partial charge in [-0.3, -0.25) is 0 Å². The first-order valence-electron chi connectivity index (χ1n) is 4.75. The van der Waals surface area contributed by atoms with Gasteiger partial charge in [-0.25, -0.2) is 4.98 Å². The zero-order valence-corrected chi connectivity index (χ0v) is 9.87. The van der Waals surface area contributed by atoms with Gasteiger partial charge in [-0.15, -0.1) is 11.8 Å². The van der Waals surface area contributed by atoms with Crippen molar-refractivity contribution in [3.63, 3.8) is 0 Å². The van der Waals surface area contributed by atoms with E-state index in [0.717, 1.165) is 21.4 Å². The number of hydrogen-bond donors (Lipinski definition) is 1. The Morgan fingerprint density at radius 2 is 2.36 bits per heavy atom. The van der Waals surface area contributed by atoms with Crippen LogP contribution in [-0.4, -0.2) is 10.7 Å². The Hall–Kier alpha value is -0.250. The maximum Gasteiger partial charge on any atom is 0.115 e. The monoisotopic (exact) mass is 230 g/mol. The quantitative estimate of drug-likeness (QED) is 0.624. The largest absolute Gasteiger partial charge is 0.326 e. The van der Waals surface area contributed by atoms with Crippen molar-refractivity contribution >= 4 is 23.4 Å². The molecule has 4 heteroatoms. The maximum atomic E-state index is 6.12. The van der Waals surface area contributed by atoms with E-state index in [1.807, 2.05) is 6.07 Å². The molecule has 0 aliphatic heterocycles. The van der Waals surface area contributed by atoms with Gasteiger partial charge in [0, 0.05) is 12.7 Å². The van der Waals surface area contributed by atoms with E-state index in [9.17, 15) is 0 Å². The van der Waals surface area contributed by atoms with E-state index in [-0.39, 0.29) is 0 Å². The van der Waals surface area contributed by atoms with Gasteiger partial charge in [-0.2, -0.15) is 0 Å². The lowest BCUT2D eigenvalue weighted by Crippen LogP contribution is -1.98. The number of pyridine rings is 1. The van der Waals surface area contributed by atoms with E-state index >= 15 is 0 Å². The van der Waals surface area contributed by atoms with E-state index in [4.69, 9.17) is 17.3 Å². The van der Waals surface area contributed by atoms with Crippen molar-refractivity contribution in [1.82, 2.24) is 4.98 Å². The van der Waals surface area contributed by atoms with Crippen LogP contribution in [0.25, 0.3) is 0 Å². The molecule has 1 aromatic rings. The van der Waals surface area contributed by atoms with Crippen LogP contribution in [0.4, 0.5) is 0 Å². The van der Waals surface area contributed by atoms with E-state index in [2.05, 4.69) is 11.9 Å². The summed E-state index contributed by atoms with van der Waals surface area (Å²) in [6.45, 7) is 2.65. The predicted molar refractivity (Wildman–Crippen MR) is 62.8 cm³/mol. The van der Waals surface area contributed by atoms with Gasteiger partial charge in [0.2, 0.25) is 0 Å². The van der Waals surface area contributed by atoms with Crippen molar-refractivity contribution in [2.75, 3.05) is 5.75 Å². The number of halogens is 1. The zero-order valence-electron chi connectivity index (χ0n) is 8.29. The molecular formula is C10H15ClN2S. The molecule has 0 radical (unpaired) electrons. The fraction of sp³-hybridized carbons (Fsp3) is 0.500. The van der Waals surface area contributed by atoms with Crippen LogP contribution >= 0.6 is 23.4 Å². The lowest BCUT2D eigenvalue weighted by molar-refractivity contribution is 0.894. The number of unbranched alkanes of at least 4 members (excludes halogenated alkanes) is 1. The number of rotatable bonds is 5. The number of nitrogens with zero attached hydrogens (tertiary/aromatic N) is 1. The molecule has 0 spiro atoms. The van der Waals surface area contributed by atoms with Crippen LogP contribution in [0.5, 0.6) is 0 Å². The third-order valence-electron chi connectivity index (χ3n) is 1.89. The van der Waals surface area contributed by atoms with Gasteiger partial charge >= 0.3 is 0 Å². The SMILES string of the molecule is CCCCSc1nccc(CN)c1Cl. The average Bonchev–Trinajstić information content (AvgIpc) is 2.21. The Morgan fingerprint density at radius 3 is 3.00 bits per heavy atom. The molecule has 0 bridgehead atoms. The highest BCUT2D eigenvalue weighted by molar-refractivity contribution is 7.99. The molecule has 0 saturated carbocycles. The highest BCUT2D eigenvalue weighted by atomic mass is 35.5. The van der Waals surface area contributed by atoms with E-state index in [0.29, 0.717) is 6.54 Å². The lowest BCUT2D eigenvalue weighted by atomic mass is 10.3. The van der Waals surface area contributed by atoms with Crippen LogP contribution in [-0.2, 0) is 6.54 Å². The van der Waals surface area contributed by atoms with Crippen molar-refractivity contribution in [2.45, 2.75) is 31.3 Å². The summed E-state index contributed by atoms with van der Waals surface area (Å²) in [4.78, 5) is 4.23. The Kier molecular flexibility index (Phi) is 5.30. The van der Waals surface area contributed by atoms with Crippen molar-refractivity contribution < 1.29 is 0 Å². The first kappa shape index (κ1) is 11.8. The summed E-state index contributed by atoms with van der Waals surface area (Å²) in [5, 5.41) is 1.62. The Bertz CT molecular complexity index is 291. The standard InChI is InChI=1S/C10H15ClN2S/c1-2-3-6-14-10-9(11)8(7-12)4-5-13-10/h4-5H,2-3,6-7,12H2,1H3. The normalized spacial score (nSPS) is 10.5. The summed E-state index contributed by atoms with van der Waals surface area (Å²) >= 11 is 7.83.